The lowest BCUT2D eigenvalue weighted by Crippen LogP contribution is -2.30. The van der Waals surface area contributed by atoms with Crippen LogP contribution >= 0.6 is 0 Å². The van der Waals surface area contributed by atoms with Gasteiger partial charge in [0.1, 0.15) is 12.4 Å². The Morgan fingerprint density at radius 2 is 1.43 bits per heavy atom. The molecule has 1 amide bonds. The molecule has 35 heavy (non-hydrogen) atoms. The third-order valence-electron chi connectivity index (χ3n) is 5.37. The van der Waals surface area contributed by atoms with Gasteiger partial charge in [-0.2, -0.15) is 0 Å². The van der Waals surface area contributed by atoms with E-state index < -0.39 is 5.97 Å². The molecule has 4 aromatic rings. The van der Waals surface area contributed by atoms with Gasteiger partial charge in [-0.25, -0.2) is 4.79 Å². The molecule has 1 heterocycles. The molecule has 3 aromatic carbocycles. The lowest BCUT2D eigenvalue weighted by Gasteiger charge is -2.23. The summed E-state index contributed by atoms with van der Waals surface area (Å²) in [5, 5.41) is 0. The first-order valence-electron chi connectivity index (χ1n) is 11.4. The van der Waals surface area contributed by atoms with Crippen LogP contribution in [0.2, 0.25) is 0 Å². The van der Waals surface area contributed by atoms with E-state index in [-0.39, 0.29) is 5.91 Å². The van der Waals surface area contributed by atoms with Crippen molar-refractivity contribution in [3.63, 3.8) is 0 Å². The highest BCUT2D eigenvalue weighted by molar-refractivity contribution is 6.06. The van der Waals surface area contributed by atoms with E-state index in [4.69, 9.17) is 9.47 Å². The van der Waals surface area contributed by atoms with Gasteiger partial charge in [-0.05, 0) is 78.7 Å². The molecule has 0 spiro atoms. The molecule has 0 aliphatic carbocycles. The zero-order valence-electron chi connectivity index (χ0n) is 19.5. The number of rotatable bonds is 9. The van der Waals surface area contributed by atoms with Crippen molar-refractivity contribution in [3.05, 3.63) is 126 Å². The van der Waals surface area contributed by atoms with E-state index in [1.165, 1.54) is 0 Å². The number of hydrogen-bond donors (Lipinski definition) is 0. The van der Waals surface area contributed by atoms with Crippen LogP contribution in [-0.4, -0.2) is 23.5 Å². The van der Waals surface area contributed by atoms with Gasteiger partial charge >= 0.3 is 5.97 Å². The van der Waals surface area contributed by atoms with Crippen molar-refractivity contribution in [2.45, 2.75) is 20.1 Å². The first-order valence-corrected chi connectivity index (χ1v) is 11.4. The molecular weight excluding hydrogens is 440 g/mol. The SMILES string of the molecule is CCOC(=O)c1ccc(N(Cc2ccncc2)C(=O)c2ccc(OCc3ccccc3)cc2)cc1. The Hall–Kier alpha value is -4.45. The van der Waals surface area contributed by atoms with Crippen molar-refractivity contribution >= 4 is 17.6 Å². The van der Waals surface area contributed by atoms with Crippen LogP contribution in [0, 0.1) is 0 Å². The highest BCUT2D eigenvalue weighted by Crippen LogP contribution is 2.23. The molecule has 0 bridgehead atoms. The number of esters is 1. The van der Waals surface area contributed by atoms with Crippen molar-refractivity contribution < 1.29 is 19.1 Å². The van der Waals surface area contributed by atoms with Crippen LogP contribution < -0.4 is 9.64 Å². The number of carbonyl (C=O) groups excluding carboxylic acids is 2. The summed E-state index contributed by atoms with van der Waals surface area (Å²) in [4.78, 5) is 31.3. The van der Waals surface area contributed by atoms with Gasteiger partial charge in [0.2, 0.25) is 0 Å². The van der Waals surface area contributed by atoms with Crippen LogP contribution in [0.1, 0.15) is 38.8 Å². The second-order valence-electron chi connectivity index (χ2n) is 7.81. The Kier molecular flexibility index (Phi) is 7.86. The quantitative estimate of drug-likeness (QED) is 0.297. The van der Waals surface area contributed by atoms with E-state index >= 15 is 0 Å². The summed E-state index contributed by atoms with van der Waals surface area (Å²) in [6, 6.07) is 27.6. The molecular formula is C29H26N2O4. The second kappa shape index (κ2) is 11.6. The average molecular weight is 467 g/mol. The van der Waals surface area contributed by atoms with Crippen LogP contribution in [0.15, 0.2) is 103 Å². The molecule has 0 saturated heterocycles. The van der Waals surface area contributed by atoms with E-state index in [9.17, 15) is 9.59 Å². The summed E-state index contributed by atoms with van der Waals surface area (Å²) in [5.41, 5.74) is 3.64. The van der Waals surface area contributed by atoms with E-state index in [1.807, 2.05) is 42.5 Å². The van der Waals surface area contributed by atoms with Crippen molar-refractivity contribution in [2.24, 2.45) is 0 Å². The van der Waals surface area contributed by atoms with Crippen LogP contribution in [0.5, 0.6) is 5.75 Å². The lowest BCUT2D eigenvalue weighted by atomic mass is 10.1. The lowest BCUT2D eigenvalue weighted by molar-refractivity contribution is 0.0526. The van der Waals surface area contributed by atoms with Gasteiger partial charge in [0.05, 0.1) is 18.7 Å². The van der Waals surface area contributed by atoms with Crippen molar-refractivity contribution in [3.8, 4) is 5.75 Å². The van der Waals surface area contributed by atoms with Gasteiger partial charge in [0, 0.05) is 23.6 Å². The number of anilines is 1. The van der Waals surface area contributed by atoms with E-state index in [0.29, 0.717) is 42.3 Å². The molecule has 176 valence electrons. The maximum atomic E-state index is 13.5. The Balaban J connectivity index is 1.53. The number of pyridine rings is 1. The summed E-state index contributed by atoms with van der Waals surface area (Å²) in [6.07, 6.45) is 3.39. The van der Waals surface area contributed by atoms with Crippen LogP contribution in [0.3, 0.4) is 0 Å². The summed E-state index contributed by atoms with van der Waals surface area (Å²) in [6.45, 7) is 2.87. The first kappa shape index (κ1) is 23.7. The van der Waals surface area contributed by atoms with Crippen LogP contribution in [-0.2, 0) is 17.9 Å². The summed E-state index contributed by atoms with van der Waals surface area (Å²) < 4.78 is 10.9. The van der Waals surface area contributed by atoms with Gasteiger partial charge in [0.25, 0.3) is 5.91 Å². The Labute approximate surface area is 204 Å². The first-order chi connectivity index (χ1) is 17.1. The number of nitrogens with zero attached hydrogens (tertiary/aromatic N) is 2. The van der Waals surface area contributed by atoms with Crippen molar-refractivity contribution in [2.75, 3.05) is 11.5 Å². The fourth-order valence-corrected chi connectivity index (χ4v) is 3.53. The predicted octanol–water partition coefficient (Wildman–Crippen LogP) is 5.68. The van der Waals surface area contributed by atoms with Gasteiger partial charge in [-0.1, -0.05) is 30.3 Å². The van der Waals surface area contributed by atoms with E-state index in [0.717, 1.165) is 11.1 Å². The number of hydrogen-bond acceptors (Lipinski definition) is 5. The standard InChI is InChI=1S/C29H26N2O4/c1-2-34-29(33)25-8-12-26(13-9-25)31(20-22-16-18-30-19-17-22)28(32)24-10-14-27(15-11-24)35-21-23-6-4-3-5-7-23/h3-19H,2,20-21H2,1H3. The summed E-state index contributed by atoms with van der Waals surface area (Å²) in [5.74, 6) is 0.127. The molecule has 0 unspecified atom stereocenters. The largest absolute Gasteiger partial charge is 0.489 e. The minimum Gasteiger partial charge on any atom is -0.489 e. The highest BCUT2D eigenvalue weighted by atomic mass is 16.5. The average Bonchev–Trinajstić information content (AvgIpc) is 2.92. The molecule has 0 fully saturated rings. The van der Waals surface area contributed by atoms with Crippen LogP contribution in [0.25, 0.3) is 0 Å². The fraction of sp³-hybridized carbons (Fsp3) is 0.138. The number of amides is 1. The van der Waals surface area contributed by atoms with E-state index in [1.54, 1.807) is 72.7 Å². The molecule has 1 aromatic heterocycles. The monoisotopic (exact) mass is 466 g/mol. The normalized spacial score (nSPS) is 10.4. The molecule has 6 nitrogen and oxygen atoms in total. The molecule has 0 radical (unpaired) electrons. The minimum atomic E-state index is -0.392. The van der Waals surface area contributed by atoms with Gasteiger partial charge in [0.15, 0.2) is 0 Å². The number of aromatic nitrogens is 1. The third kappa shape index (κ3) is 6.32. The second-order valence-corrected chi connectivity index (χ2v) is 7.81. The molecule has 6 heteroatoms. The van der Waals surface area contributed by atoms with Crippen LogP contribution in [0.4, 0.5) is 5.69 Å². The van der Waals surface area contributed by atoms with Gasteiger partial charge < -0.3 is 14.4 Å². The Morgan fingerprint density at radius 1 is 0.771 bits per heavy atom. The summed E-state index contributed by atoms with van der Waals surface area (Å²) >= 11 is 0. The number of ether oxygens (including phenoxy) is 2. The molecule has 0 N–H and O–H groups in total. The fourth-order valence-electron chi connectivity index (χ4n) is 3.53. The molecule has 0 aliphatic rings. The molecule has 0 aliphatic heterocycles. The van der Waals surface area contributed by atoms with E-state index in [2.05, 4.69) is 4.98 Å². The smallest absolute Gasteiger partial charge is 0.338 e. The third-order valence-corrected chi connectivity index (χ3v) is 5.37. The number of benzene rings is 3. The van der Waals surface area contributed by atoms with Gasteiger partial charge in [-0.3, -0.25) is 9.78 Å². The molecule has 0 saturated carbocycles. The zero-order chi connectivity index (χ0) is 24.5. The zero-order valence-corrected chi connectivity index (χ0v) is 19.5. The van der Waals surface area contributed by atoms with Gasteiger partial charge in [-0.15, -0.1) is 0 Å². The topological polar surface area (TPSA) is 68.7 Å². The van der Waals surface area contributed by atoms with Crippen molar-refractivity contribution in [1.82, 2.24) is 4.98 Å². The Bertz CT molecular complexity index is 1240. The minimum absolute atomic E-state index is 0.166. The molecule has 4 rings (SSSR count). The maximum Gasteiger partial charge on any atom is 0.338 e. The van der Waals surface area contributed by atoms with Crippen molar-refractivity contribution in [1.29, 1.82) is 0 Å². The predicted molar refractivity (Wildman–Crippen MR) is 134 cm³/mol. The number of carbonyl (C=O) groups is 2. The Morgan fingerprint density at radius 3 is 2.09 bits per heavy atom. The maximum absolute atomic E-state index is 13.5. The highest BCUT2D eigenvalue weighted by Gasteiger charge is 2.19. The molecule has 0 atom stereocenters. The summed E-state index contributed by atoms with van der Waals surface area (Å²) in [7, 11) is 0.